The maximum absolute atomic E-state index is 9.62. The Bertz CT molecular complexity index is 294. The highest BCUT2D eigenvalue weighted by molar-refractivity contribution is 6.68. The number of hydrogen-bond donors (Lipinski definition) is 1. The van der Waals surface area contributed by atoms with Gasteiger partial charge in [-0.3, -0.25) is 0 Å². The van der Waals surface area contributed by atoms with Gasteiger partial charge in [-0.2, -0.15) is 0 Å². The molecule has 84 valence electrons. The molecule has 1 nitrogen and oxygen atoms in total. The predicted molar refractivity (Wildman–Crippen MR) is 65.8 cm³/mol. The number of aliphatic hydroxyl groups is 1. The number of benzene rings is 1. The van der Waals surface area contributed by atoms with Crippen LogP contribution >= 0.6 is 34.8 Å². The number of alkyl halides is 3. The van der Waals surface area contributed by atoms with Crippen LogP contribution in [0.25, 0.3) is 0 Å². The minimum Gasteiger partial charge on any atom is -0.389 e. The molecule has 0 fully saturated rings. The summed E-state index contributed by atoms with van der Waals surface area (Å²) < 4.78 is -1.61. The Morgan fingerprint density at radius 3 is 2.20 bits per heavy atom. The lowest BCUT2D eigenvalue weighted by atomic mass is 9.95. The summed E-state index contributed by atoms with van der Waals surface area (Å²) in [6.45, 7) is 2.00. The van der Waals surface area contributed by atoms with E-state index in [4.69, 9.17) is 34.8 Å². The molecule has 0 heterocycles. The van der Waals surface area contributed by atoms with Crippen molar-refractivity contribution < 1.29 is 5.11 Å². The van der Waals surface area contributed by atoms with Crippen molar-refractivity contribution >= 4 is 34.8 Å². The van der Waals surface area contributed by atoms with Crippen LogP contribution < -0.4 is 0 Å². The summed E-state index contributed by atoms with van der Waals surface area (Å²) in [6.07, 6.45) is -0.516. The van der Waals surface area contributed by atoms with Gasteiger partial charge in [-0.05, 0) is 17.9 Å². The lowest BCUT2D eigenvalue weighted by Crippen LogP contribution is -2.26. The van der Waals surface area contributed by atoms with Crippen molar-refractivity contribution in [1.29, 1.82) is 0 Å². The van der Waals surface area contributed by atoms with Gasteiger partial charge < -0.3 is 5.11 Å². The van der Waals surface area contributed by atoms with E-state index in [0.717, 1.165) is 5.56 Å². The van der Waals surface area contributed by atoms with Crippen LogP contribution in [-0.4, -0.2) is 15.0 Å². The monoisotopic (exact) mass is 266 g/mol. The van der Waals surface area contributed by atoms with Crippen LogP contribution in [0.4, 0.5) is 0 Å². The second-order valence-electron chi connectivity index (χ2n) is 3.60. The normalized spacial score (nSPS) is 16.1. The summed E-state index contributed by atoms with van der Waals surface area (Å²) in [6, 6.07) is 9.84. The van der Waals surface area contributed by atoms with E-state index in [1.165, 1.54) is 0 Å². The molecule has 0 aliphatic rings. The molecular weight excluding hydrogens is 254 g/mol. The topological polar surface area (TPSA) is 20.2 Å². The van der Waals surface area contributed by atoms with Crippen LogP contribution in [0.5, 0.6) is 0 Å². The standard InChI is InChI=1S/C11H13Cl3O/c1-8(7-10(15)11(12,13)14)9-5-3-2-4-6-9/h2-6,8,10,15H,7H2,1H3. The number of aliphatic hydroxyl groups excluding tert-OH is 1. The second-order valence-corrected chi connectivity index (χ2v) is 5.97. The van der Waals surface area contributed by atoms with Gasteiger partial charge >= 0.3 is 0 Å². The fraction of sp³-hybridized carbons (Fsp3) is 0.455. The second kappa shape index (κ2) is 5.40. The maximum atomic E-state index is 9.62. The van der Waals surface area contributed by atoms with Gasteiger partial charge in [-0.1, -0.05) is 72.1 Å². The Morgan fingerprint density at radius 2 is 1.73 bits per heavy atom. The lowest BCUT2D eigenvalue weighted by Gasteiger charge is -2.22. The van der Waals surface area contributed by atoms with Crippen LogP contribution in [0.1, 0.15) is 24.8 Å². The first-order chi connectivity index (χ1) is 6.91. The summed E-state index contributed by atoms with van der Waals surface area (Å²) >= 11 is 16.8. The number of hydrogen-bond acceptors (Lipinski definition) is 1. The third-order valence-electron chi connectivity index (χ3n) is 2.32. The summed E-state index contributed by atoms with van der Waals surface area (Å²) in [5, 5.41) is 9.62. The van der Waals surface area contributed by atoms with Crippen LogP contribution in [0, 0.1) is 0 Å². The minimum atomic E-state index is -1.61. The van der Waals surface area contributed by atoms with E-state index in [1.54, 1.807) is 0 Å². The first-order valence-electron chi connectivity index (χ1n) is 4.71. The third-order valence-corrected chi connectivity index (χ3v) is 3.08. The Balaban J connectivity index is 2.61. The smallest absolute Gasteiger partial charge is 0.216 e. The molecule has 0 radical (unpaired) electrons. The van der Waals surface area contributed by atoms with Gasteiger partial charge in [0.15, 0.2) is 0 Å². The van der Waals surface area contributed by atoms with E-state index >= 15 is 0 Å². The quantitative estimate of drug-likeness (QED) is 0.823. The molecule has 0 spiro atoms. The van der Waals surface area contributed by atoms with Gasteiger partial charge in [-0.25, -0.2) is 0 Å². The molecule has 1 N–H and O–H groups in total. The molecule has 0 amide bonds. The molecule has 2 atom stereocenters. The maximum Gasteiger partial charge on any atom is 0.216 e. The molecule has 4 heteroatoms. The molecule has 1 rings (SSSR count). The zero-order valence-corrected chi connectivity index (χ0v) is 10.6. The summed E-state index contributed by atoms with van der Waals surface area (Å²) in [7, 11) is 0. The highest BCUT2D eigenvalue weighted by Gasteiger charge is 2.31. The van der Waals surface area contributed by atoms with E-state index in [-0.39, 0.29) is 5.92 Å². The zero-order valence-electron chi connectivity index (χ0n) is 8.33. The van der Waals surface area contributed by atoms with E-state index in [0.29, 0.717) is 6.42 Å². The van der Waals surface area contributed by atoms with Gasteiger partial charge in [0, 0.05) is 0 Å². The van der Waals surface area contributed by atoms with Crippen LogP contribution in [0.15, 0.2) is 30.3 Å². The van der Waals surface area contributed by atoms with Gasteiger partial charge in [0.05, 0.1) is 0 Å². The number of rotatable bonds is 3. The molecule has 2 unspecified atom stereocenters. The molecule has 1 aromatic carbocycles. The van der Waals surface area contributed by atoms with E-state index in [1.807, 2.05) is 37.3 Å². The summed E-state index contributed by atoms with van der Waals surface area (Å²) in [5.74, 6) is 0.164. The molecule has 0 saturated heterocycles. The molecule has 15 heavy (non-hydrogen) atoms. The fourth-order valence-corrected chi connectivity index (χ4v) is 1.65. The van der Waals surface area contributed by atoms with E-state index in [9.17, 15) is 5.11 Å². The summed E-state index contributed by atoms with van der Waals surface area (Å²) in [4.78, 5) is 0. The van der Waals surface area contributed by atoms with Crippen molar-refractivity contribution in [3.8, 4) is 0 Å². The molecule has 0 bridgehead atoms. The van der Waals surface area contributed by atoms with Gasteiger partial charge in [0.1, 0.15) is 6.10 Å². The van der Waals surface area contributed by atoms with Crippen molar-refractivity contribution in [3.63, 3.8) is 0 Å². The lowest BCUT2D eigenvalue weighted by molar-refractivity contribution is 0.161. The Kier molecular flexibility index (Phi) is 4.72. The van der Waals surface area contributed by atoms with Crippen molar-refractivity contribution in [2.24, 2.45) is 0 Å². The minimum absolute atomic E-state index is 0.164. The van der Waals surface area contributed by atoms with Crippen molar-refractivity contribution in [3.05, 3.63) is 35.9 Å². The Hall–Kier alpha value is 0.0500. The van der Waals surface area contributed by atoms with E-state index < -0.39 is 9.90 Å². The first-order valence-corrected chi connectivity index (χ1v) is 5.84. The SMILES string of the molecule is CC(CC(O)C(Cl)(Cl)Cl)c1ccccc1. The summed E-state index contributed by atoms with van der Waals surface area (Å²) in [5.41, 5.74) is 1.13. The highest BCUT2D eigenvalue weighted by Crippen LogP contribution is 2.35. The van der Waals surface area contributed by atoms with Crippen molar-refractivity contribution in [1.82, 2.24) is 0 Å². The van der Waals surface area contributed by atoms with Crippen molar-refractivity contribution in [2.45, 2.75) is 29.2 Å². The fourth-order valence-electron chi connectivity index (χ4n) is 1.39. The van der Waals surface area contributed by atoms with Gasteiger partial charge in [-0.15, -0.1) is 0 Å². The molecule has 1 aromatic rings. The molecule has 0 aliphatic heterocycles. The molecule has 0 saturated carbocycles. The highest BCUT2D eigenvalue weighted by atomic mass is 35.6. The molecule has 0 aliphatic carbocycles. The average molecular weight is 268 g/mol. The third kappa shape index (κ3) is 4.20. The zero-order chi connectivity index (χ0) is 11.5. The number of halogens is 3. The molecule has 0 aromatic heterocycles. The van der Waals surface area contributed by atoms with Gasteiger partial charge in [0.2, 0.25) is 3.79 Å². The largest absolute Gasteiger partial charge is 0.389 e. The van der Waals surface area contributed by atoms with Gasteiger partial charge in [0.25, 0.3) is 0 Å². The predicted octanol–water partition coefficient (Wildman–Crippen LogP) is 3.91. The van der Waals surface area contributed by atoms with E-state index in [2.05, 4.69) is 0 Å². The Morgan fingerprint density at radius 1 is 1.20 bits per heavy atom. The average Bonchev–Trinajstić information content (AvgIpc) is 2.17. The van der Waals surface area contributed by atoms with Crippen LogP contribution in [-0.2, 0) is 0 Å². The first kappa shape index (κ1) is 13.1. The Labute approximate surface area is 105 Å². The van der Waals surface area contributed by atoms with Crippen LogP contribution in [0.2, 0.25) is 0 Å². The van der Waals surface area contributed by atoms with Crippen molar-refractivity contribution in [2.75, 3.05) is 0 Å². The molecular formula is C11H13Cl3O. The van der Waals surface area contributed by atoms with Crippen LogP contribution in [0.3, 0.4) is 0 Å².